The molecule has 2 atom stereocenters. The number of aryl methyl sites for hydroxylation is 1. The number of rotatable bonds is 6. The van der Waals surface area contributed by atoms with Gasteiger partial charge in [0.15, 0.2) is 0 Å². The first-order valence-corrected chi connectivity index (χ1v) is 9.12. The van der Waals surface area contributed by atoms with Crippen LogP contribution in [0.3, 0.4) is 0 Å². The highest BCUT2D eigenvalue weighted by Gasteiger charge is 2.26. The molecule has 1 fully saturated rings. The van der Waals surface area contributed by atoms with Gasteiger partial charge >= 0.3 is 0 Å². The number of aromatic nitrogens is 2. The first kappa shape index (κ1) is 18.0. The summed E-state index contributed by atoms with van der Waals surface area (Å²) in [6.45, 7) is 10.8. The minimum atomic E-state index is -0.225. The number of nitrogens with zero attached hydrogens (tertiary/aromatic N) is 4. The zero-order valence-electron chi connectivity index (χ0n) is 15.4. The fourth-order valence-corrected chi connectivity index (χ4v) is 3.14. The van der Waals surface area contributed by atoms with Crippen LogP contribution in [0, 0.1) is 6.92 Å². The Labute approximate surface area is 149 Å². The molecule has 1 N–H and O–H groups in total. The highest BCUT2D eigenvalue weighted by molar-refractivity contribution is 5.54. The average Bonchev–Trinajstić information content (AvgIpc) is 3.12. The van der Waals surface area contributed by atoms with E-state index in [2.05, 4.69) is 45.9 Å². The molecule has 0 bridgehead atoms. The quantitative estimate of drug-likeness (QED) is 0.868. The van der Waals surface area contributed by atoms with E-state index >= 15 is 0 Å². The Balaban J connectivity index is 1.59. The summed E-state index contributed by atoms with van der Waals surface area (Å²) < 4.78 is 5.52. The highest BCUT2D eigenvalue weighted by Crippen LogP contribution is 2.23. The van der Waals surface area contributed by atoms with Crippen LogP contribution in [0.25, 0.3) is 11.4 Å². The Bertz CT molecular complexity index is 662. The molecule has 0 spiro atoms. The second-order valence-electron chi connectivity index (χ2n) is 6.90. The van der Waals surface area contributed by atoms with Crippen LogP contribution in [0.15, 0.2) is 28.8 Å². The number of hydrogen-bond donors (Lipinski definition) is 1. The molecular formula is C19H28N4O2. The average molecular weight is 344 g/mol. The number of β-amino-alcohol motifs (C(OH)–C–C–N with tert-alkyl or cyclic N) is 1. The van der Waals surface area contributed by atoms with Gasteiger partial charge in [-0.15, -0.1) is 0 Å². The molecule has 1 aliphatic rings. The maximum Gasteiger partial charge on any atom is 0.244 e. The Kier molecular flexibility index (Phi) is 5.83. The van der Waals surface area contributed by atoms with Gasteiger partial charge in [-0.2, -0.15) is 4.98 Å². The summed E-state index contributed by atoms with van der Waals surface area (Å²) >= 11 is 0. The lowest BCUT2D eigenvalue weighted by molar-refractivity contribution is 0.0517. The fourth-order valence-electron chi connectivity index (χ4n) is 3.14. The molecule has 1 aromatic carbocycles. The largest absolute Gasteiger partial charge is 0.392 e. The molecule has 1 aromatic heterocycles. The molecule has 2 heterocycles. The maximum absolute atomic E-state index is 9.80. The lowest BCUT2D eigenvalue weighted by Crippen LogP contribution is -2.49. The van der Waals surface area contributed by atoms with E-state index in [1.807, 2.05) is 19.1 Å². The fraction of sp³-hybridized carbons (Fsp3) is 0.579. The van der Waals surface area contributed by atoms with E-state index in [0.717, 1.165) is 44.7 Å². The van der Waals surface area contributed by atoms with Gasteiger partial charge in [-0.05, 0) is 20.3 Å². The van der Waals surface area contributed by atoms with E-state index in [1.54, 1.807) is 0 Å². The summed E-state index contributed by atoms with van der Waals surface area (Å²) in [4.78, 5) is 9.28. The maximum atomic E-state index is 9.80. The molecule has 6 nitrogen and oxygen atoms in total. The minimum absolute atomic E-state index is 0.102. The zero-order valence-corrected chi connectivity index (χ0v) is 15.4. The van der Waals surface area contributed by atoms with E-state index in [0.29, 0.717) is 11.7 Å². The Hall–Kier alpha value is -1.76. The monoisotopic (exact) mass is 344 g/mol. The van der Waals surface area contributed by atoms with Gasteiger partial charge in [0.05, 0.1) is 12.1 Å². The van der Waals surface area contributed by atoms with Crippen molar-refractivity contribution in [1.29, 1.82) is 0 Å². The van der Waals surface area contributed by atoms with Crippen LogP contribution in [0.2, 0.25) is 0 Å². The molecular weight excluding hydrogens is 316 g/mol. The molecule has 1 aliphatic heterocycles. The second kappa shape index (κ2) is 8.08. The summed E-state index contributed by atoms with van der Waals surface area (Å²) in [6.07, 6.45) is 0.581. The molecule has 0 amide bonds. The lowest BCUT2D eigenvalue weighted by Gasteiger charge is -2.37. The van der Waals surface area contributed by atoms with Crippen LogP contribution in [0.4, 0.5) is 0 Å². The van der Waals surface area contributed by atoms with Crippen LogP contribution >= 0.6 is 0 Å². The van der Waals surface area contributed by atoms with Crippen LogP contribution in [-0.2, 0) is 0 Å². The van der Waals surface area contributed by atoms with Crippen molar-refractivity contribution in [3.05, 3.63) is 35.7 Å². The van der Waals surface area contributed by atoms with Crippen LogP contribution < -0.4 is 0 Å². The zero-order chi connectivity index (χ0) is 17.8. The van der Waals surface area contributed by atoms with Gasteiger partial charge in [0.25, 0.3) is 0 Å². The van der Waals surface area contributed by atoms with Gasteiger partial charge in [0.2, 0.25) is 11.7 Å². The van der Waals surface area contributed by atoms with Crippen LogP contribution in [-0.4, -0.2) is 63.9 Å². The third-order valence-corrected chi connectivity index (χ3v) is 5.00. The Morgan fingerprint density at radius 2 is 1.84 bits per heavy atom. The van der Waals surface area contributed by atoms with Crippen molar-refractivity contribution >= 4 is 0 Å². The third kappa shape index (κ3) is 4.45. The molecule has 6 heteroatoms. The first-order chi connectivity index (χ1) is 12.1. The van der Waals surface area contributed by atoms with Gasteiger partial charge in [0.1, 0.15) is 0 Å². The molecule has 25 heavy (non-hydrogen) atoms. The van der Waals surface area contributed by atoms with Gasteiger partial charge < -0.3 is 9.63 Å². The molecule has 2 unspecified atom stereocenters. The molecule has 3 rings (SSSR count). The third-order valence-electron chi connectivity index (χ3n) is 5.00. The highest BCUT2D eigenvalue weighted by atomic mass is 16.5. The molecule has 0 aliphatic carbocycles. The number of piperazine rings is 1. The van der Waals surface area contributed by atoms with E-state index in [9.17, 15) is 5.11 Å². The number of aliphatic hydroxyl groups excluding tert-OH is 1. The summed E-state index contributed by atoms with van der Waals surface area (Å²) in [7, 11) is 0. The van der Waals surface area contributed by atoms with Crippen LogP contribution in [0.5, 0.6) is 0 Å². The van der Waals surface area contributed by atoms with E-state index in [-0.39, 0.29) is 12.1 Å². The standard InChI is InChI=1S/C19H28N4O2/c1-4-17(24)13-22-9-11-23(12-10-22)15(3)19-20-18(21-25-19)16-7-5-14(2)6-8-16/h5-8,15,17,24H,4,9-13H2,1-3H3. The Morgan fingerprint density at radius 3 is 2.48 bits per heavy atom. The summed E-state index contributed by atoms with van der Waals surface area (Å²) in [5.74, 6) is 1.31. The van der Waals surface area contributed by atoms with Gasteiger partial charge in [-0.25, -0.2) is 0 Å². The summed E-state index contributed by atoms with van der Waals surface area (Å²) in [6, 6.07) is 8.25. The summed E-state index contributed by atoms with van der Waals surface area (Å²) in [5.41, 5.74) is 2.19. The smallest absolute Gasteiger partial charge is 0.244 e. The SMILES string of the molecule is CCC(O)CN1CCN(C(C)c2nc(-c3ccc(C)cc3)no2)CC1. The van der Waals surface area contributed by atoms with Crippen molar-refractivity contribution in [2.24, 2.45) is 0 Å². The number of aliphatic hydroxyl groups is 1. The van der Waals surface area contributed by atoms with Gasteiger partial charge in [-0.3, -0.25) is 9.80 Å². The van der Waals surface area contributed by atoms with Gasteiger partial charge in [-0.1, -0.05) is 41.9 Å². The molecule has 0 radical (unpaired) electrons. The van der Waals surface area contributed by atoms with E-state index < -0.39 is 0 Å². The van der Waals surface area contributed by atoms with Crippen molar-refractivity contribution in [2.45, 2.75) is 39.3 Å². The topological polar surface area (TPSA) is 65.6 Å². The van der Waals surface area contributed by atoms with E-state index in [4.69, 9.17) is 4.52 Å². The Morgan fingerprint density at radius 1 is 1.16 bits per heavy atom. The number of benzene rings is 1. The molecule has 136 valence electrons. The van der Waals surface area contributed by atoms with Gasteiger partial charge in [0, 0.05) is 38.3 Å². The van der Waals surface area contributed by atoms with E-state index in [1.165, 1.54) is 5.56 Å². The van der Waals surface area contributed by atoms with Crippen molar-refractivity contribution in [3.8, 4) is 11.4 Å². The predicted octanol–water partition coefficient (Wildman–Crippen LogP) is 2.49. The number of hydrogen-bond acceptors (Lipinski definition) is 6. The van der Waals surface area contributed by atoms with Crippen molar-refractivity contribution < 1.29 is 9.63 Å². The molecule has 0 saturated carbocycles. The van der Waals surface area contributed by atoms with Crippen molar-refractivity contribution in [3.63, 3.8) is 0 Å². The first-order valence-electron chi connectivity index (χ1n) is 9.12. The van der Waals surface area contributed by atoms with Crippen molar-refractivity contribution in [2.75, 3.05) is 32.7 Å². The minimum Gasteiger partial charge on any atom is -0.392 e. The van der Waals surface area contributed by atoms with Crippen LogP contribution in [0.1, 0.15) is 37.8 Å². The predicted molar refractivity (Wildman–Crippen MR) is 97.2 cm³/mol. The normalized spacial score (nSPS) is 19.0. The van der Waals surface area contributed by atoms with Crippen molar-refractivity contribution in [1.82, 2.24) is 19.9 Å². The lowest BCUT2D eigenvalue weighted by atomic mass is 10.1. The molecule has 2 aromatic rings. The summed E-state index contributed by atoms with van der Waals surface area (Å²) in [5, 5.41) is 13.9. The second-order valence-corrected chi connectivity index (χ2v) is 6.90. The molecule has 1 saturated heterocycles.